The zero-order valence-corrected chi connectivity index (χ0v) is 12.9. The number of fused-ring (bicyclic) bond motifs is 3. The molecule has 0 saturated heterocycles. The van der Waals surface area contributed by atoms with Gasteiger partial charge in [0.2, 0.25) is 0 Å². The topological polar surface area (TPSA) is 57.9 Å². The summed E-state index contributed by atoms with van der Waals surface area (Å²) < 4.78 is 21.9. The Labute approximate surface area is 127 Å². The maximum atomic E-state index is 12.3. The van der Waals surface area contributed by atoms with Crippen LogP contribution in [0.25, 0.3) is 21.7 Å². The highest BCUT2D eigenvalue weighted by atomic mass is 16.5. The van der Waals surface area contributed by atoms with E-state index in [-0.39, 0.29) is 5.43 Å². The predicted octanol–water partition coefficient (Wildman–Crippen LogP) is 3.28. The molecular formula is C17H16O5. The van der Waals surface area contributed by atoms with Crippen molar-refractivity contribution >= 4 is 21.7 Å². The molecule has 1 heterocycles. The van der Waals surface area contributed by atoms with Crippen LogP contribution in [0.3, 0.4) is 0 Å². The van der Waals surface area contributed by atoms with Crippen LogP contribution in [0.15, 0.2) is 33.5 Å². The third kappa shape index (κ3) is 2.06. The van der Waals surface area contributed by atoms with Crippen molar-refractivity contribution in [2.75, 3.05) is 21.3 Å². The van der Waals surface area contributed by atoms with Gasteiger partial charge in [-0.25, -0.2) is 0 Å². The van der Waals surface area contributed by atoms with E-state index in [2.05, 4.69) is 0 Å². The molecule has 0 spiro atoms. The van der Waals surface area contributed by atoms with Crippen molar-refractivity contribution < 1.29 is 18.6 Å². The molecule has 5 nitrogen and oxygen atoms in total. The lowest BCUT2D eigenvalue weighted by Crippen LogP contribution is -2.03. The molecule has 0 aliphatic carbocycles. The zero-order valence-electron chi connectivity index (χ0n) is 12.9. The minimum Gasteiger partial charge on any atom is -0.497 e. The quantitative estimate of drug-likeness (QED) is 0.695. The molecule has 3 rings (SSSR count). The van der Waals surface area contributed by atoms with E-state index in [4.69, 9.17) is 18.6 Å². The highest BCUT2D eigenvalue weighted by Gasteiger charge is 2.17. The summed E-state index contributed by atoms with van der Waals surface area (Å²) in [4.78, 5) is 12.3. The van der Waals surface area contributed by atoms with Gasteiger partial charge >= 0.3 is 0 Å². The van der Waals surface area contributed by atoms with Crippen LogP contribution in [0.4, 0.5) is 0 Å². The number of benzene rings is 2. The second-order valence-electron chi connectivity index (χ2n) is 4.93. The normalized spacial score (nSPS) is 10.9. The van der Waals surface area contributed by atoms with Gasteiger partial charge in [-0.05, 0) is 24.4 Å². The summed E-state index contributed by atoms with van der Waals surface area (Å²) in [6.45, 7) is 1.74. The van der Waals surface area contributed by atoms with E-state index >= 15 is 0 Å². The Morgan fingerprint density at radius 3 is 2.18 bits per heavy atom. The van der Waals surface area contributed by atoms with E-state index in [0.717, 1.165) is 10.8 Å². The Morgan fingerprint density at radius 2 is 1.55 bits per heavy atom. The molecule has 0 atom stereocenters. The summed E-state index contributed by atoms with van der Waals surface area (Å²) in [5, 5.41) is 1.94. The molecule has 5 heteroatoms. The Hall–Kier alpha value is -2.69. The van der Waals surface area contributed by atoms with Crippen molar-refractivity contribution in [3.63, 3.8) is 0 Å². The molecule has 0 saturated carbocycles. The first-order chi connectivity index (χ1) is 10.6. The largest absolute Gasteiger partial charge is 0.497 e. The van der Waals surface area contributed by atoms with E-state index < -0.39 is 0 Å². The first-order valence-electron chi connectivity index (χ1n) is 6.76. The van der Waals surface area contributed by atoms with Crippen LogP contribution < -0.4 is 19.6 Å². The smallest absolute Gasteiger partial charge is 0.196 e. The molecule has 0 unspecified atom stereocenters. The summed E-state index contributed by atoms with van der Waals surface area (Å²) in [6, 6.07) is 6.85. The lowest BCUT2D eigenvalue weighted by Gasteiger charge is -2.13. The Bertz CT molecular complexity index is 924. The van der Waals surface area contributed by atoms with Crippen molar-refractivity contribution in [1.29, 1.82) is 0 Å². The van der Waals surface area contributed by atoms with Crippen molar-refractivity contribution in [3.05, 3.63) is 40.2 Å². The Morgan fingerprint density at radius 1 is 0.864 bits per heavy atom. The maximum Gasteiger partial charge on any atom is 0.196 e. The summed E-state index contributed by atoms with van der Waals surface area (Å²) >= 11 is 0. The van der Waals surface area contributed by atoms with Crippen LogP contribution >= 0.6 is 0 Å². The number of methoxy groups -OCH3 is 3. The molecule has 114 valence electrons. The second-order valence-corrected chi connectivity index (χ2v) is 4.93. The van der Waals surface area contributed by atoms with Crippen LogP contribution in [0.5, 0.6) is 17.2 Å². The number of rotatable bonds is 3. The average Bonchev–Trinajstić information content (AvgIpc) is 2.52. The van der Waals surface area contributed by atoms with Crippen LogP contribution in [-0.2, 0) is 0 Å². The fourth-order valence-corrected chi connectivity index (χ4v) is 2.64. The fraction of sp³-hybridized carbons (Fsp3) is 0.235. The van der Waals surface area contributed by atoms with E-state index in [1.165, 1.54) is 13.2 Å². The van der Waals surface area contributed by atoms with Gasteiger partial charge in [0.05, 0.1) is 26.7 Å². The molecule has 0 N–H and O–H groups in total. The van der Waals surface area contributed by atoms with Gasteiger partial charge < -0.3 is 18.6 Å². The Balaban J connectivity index is 2.61. The number of hydrogen-bond donors (Lipinski definition) is 0. The Kier molecular flexibility index (Phi) is 3.41. The van der Waals surface area contributed by atoms with Crippen LogP contribution in [-0.4, -0.2) is 21.3 Å². The van der Waals surface area contributed by atoms with Gasteiger partial charge in [-0.2, -0.15) is 0 Å². The standard InChI is InChI=1S/C17H16O5/c1-9-5-12(18)16-13(20-3)7-10-6-11(19-2)8-14(21-4)15(10)17(16)22-9/h5-8H,1-4H3. The molecule has 0 amide bonds. The van der Waals surface area contributed by atoms with E-state index in [0.29, 0.717) is 34.0 Å². The predicted molar refractivity (Wildman–Crippen MR) is 84.4 cm³/mol. The van der Waals surface area contributed by atoms with Gasteiger partial charge in [0.1, 0.15) is 28.4 Å². The van der Waals surface area contributed by atoms with E-state index in [1.54, 1.807) is 33.3 Å². The van der Waals surface area contributed by atoms with Crippen molar-refractivity contribution in [1.82, 2.24) is 0 Å². The first kappa shape index (κ1) is 14.3. The molecule has 0 radical (unpaired) electrons. The molecule has 1 aromatic heterocycles. The number of hydrogen-bond acceptors (Lipinski definition) is 5. The van der Waals surface area contributed by atoms with Crippen molar-refractivity contribution in [2.24, 2.45) is 0 Å². The summed E-state index contributed by atoms with van der Waals surface area (Å²) in [7, 11) is 4.68. The van der Waals surface area contributed by atoms with Gasteiger partial charge in [-0.15, -0.1) is 0 Å². The summed E-state index contributed by atoms with van der Waals surface area (Å²) in [6.07, 6.45) is 0. The SMILES string of the molecule is COc1cc(OC)c2c(c1)cc(OC)c1c(=O)cc(C)oc12. The minimum atomic E-state index is -0.143. The monoisotopic (exact) mass is 300 g/mol. The molecule has 2 aromatic carbocycles. The van der Waals surface area contributed by atoms with Gasteiger partial charge in [-0.3, -0.25) is 4.79 Å². The lowest BCUT2D eigenvalue weighted by atomic mass is 10.0. The number of ether oxygens (including phenoxy) is 3. The first-order valence-corrected chi connectivity index (χ1v) is 6.76. The minimum absolute atomic E-state index is 0.143. The van der Waals surface area contributed by atoms with Gasteiger partial charge in [0, 0.05) is 12.1 Å². The molecule has 0 aliphatic rings. The molecule has 22 heavy (non-hydrogen) atoms. The third-order valence-corrected chi connectivity index (χ3v) is 3.61. The molecule has 0 bridgehead atoms. The number of aryl methyl sites for hydroxylation is 1. The zero-order chi connectivity index (χ0) is 15.9. The molecule has 0 aliphatic heterocycles. The molecule has 3 aromatic rings. The summed E-state index contributed by atoms with van der Waals surface area (Å²) in [5.41, 5.74) is 0.314. The van der Waals surface area contributed by atoms with Gasteiger partial charge in [0.15, 0.2) is 11.0 Å². The van der Waals surface area contributed by atoms with Crippen molar-refractivity contribution in [2.45, 2.75) is 6.92 Å². The van der Waals surface area contributed by atoms with Gasteiger partial charge in [0.25, 0.3) is 0 Å². The summed E-state index contributed by atoms with van der Waals surface area (Å²) in [5.74, 6) is 2.23. The average molecular weight is 300 g/mol. The van der Waals surface area contributed by atoms with Crippen LogP contribution in [0, 0.1) is 6.92 Å². The highest BCUT2D eigenvalue weighted by molar-refractivity contribution is 6.10. The lowest BCUT2D eigenvalue weighted by molar-refractivity contribution is 0.397. The molecular weight excluding hydrogens is 284 g/mol. The van der Waals surface area contributed by atoms with Crippen LogP contribution in [0.2, 0.25) is 0 Å². The second kappa shape index (κ2) is 5.26. The van der Waals surface area contributed by atoms with E-state index in [1.807, 2.05) is 6.07 Å². The van der Waals surface area contributed by atoms with Crippen LogP contribution in [0.1, 0.15) is 5.76 Å². The van der Waals surface area contributed by atoms with E-state index in [9.17, 15) is 4.79 Å². The van der Waals surface area contributed by atoms with Crippen molar-refractivity contribution in [3.8, 4) is 17.2 Å². The fourth-order valence-electron chi connectivity index (χ4n) is 2.64. The van der Waals surface area contributed by atoms with Gasteiger partial charge in [-0.1, -0.05) is 0 Å². The highest BCUT2D eigenvalue weighted by Crippen LogP contribution is 2.39. The molecule has 0 fully saturated rings. The third-order valence-electron chi connectivity index (χ3n) is 3.61. The maximum absolute atomic E-state index is 12.3.